The third-order valence-corrected chi connectivity index (χ3v) is 5.27. The Morgan fingerprint density at radius 1 is 0.900 bits per heavy atom. The SMILES string of the molecule is CCCCCCCCCCOc1ccc(C(=O)NCc2ccc3c(c2)OCO3)cc1. The fraction of sp³-hybridized carbons (Fsp3) is 0.480. The van der Waals surface area contributed by atoms with Crippen LogP contribution in [0.25, 0.3) is 0 Å². The van der Waals surface area contributed by atoms with Gasteiger partial charge in [-0.15, -0.1) is 0 Å². The molecule has 0 fully saturated rings. The Hall–Kier alpha value is -2.69. The molecule has 1 N–H and O–H groups in total. The lowest BCUT2D eigenvalue weighted by molar-refractivity contribution is 0.0951. The van der Waals surface area contributed by atoms with E-state index in [0.29, 0.717) is 12.1 Å². The van der Waals surface area contributed by atoms with Gasteiger partial charge in [0.2, 0.25) is 6.79 Å². The van der Waals surface area contributed by atoms with E-state index in [4.69, 9.17) is 14.2 Å². The summed E-state index contributed by atoms with van der Waals surface area (Å²) in [7, 11) is 0. The highest BCUT2D eigenvalue weighted by Crippen LogP contribution is 2.32. The summed E-state index contributed by atoms with van der Waals surface area (Å²) in [6, 6.07) is 13.0. The fourth-order valence-electron chi connectivity index (χ4n) is 3.46. The molecule has 0 aliphatic carbocycles. The van der Waals surface area contributed by atoms with Gasteiger partial charge in [0.15, 0.2) is 11.5 Å². The number of nitrogens with one attached hydrogen (secondary N) is 1. The van der Waals surface area contributed by atoms with Gasteiger partial charge in [-0.25, -0.2) is 0 Å². The van der Waals surface area contributed by atoms with Crippen molar-refractivity contribution in [3.05, 3.63) is 53.6 Å². The van der Waals surface area contributed by atoms with Crippen molar-refractivity contribution in [3.8, 4) is 17.2 Å². The maximum atomic E-state index is 12.4. The highest BCUT2D eigenvalue weighted by Gasteiger charge is 2.13. The van der Waals surface area contributed by atoms with Gasteiger partial charge in [-0.05, 0) is 48.4 Å². The first-order chi connectivity index (χ1) is 14.8. The van der Waals surface area contributed by atoms with Crippen LogP contribution >= 0.6 is 0 Å². The van der Waals surface area contributed by atoms with Crippen LogP contribution in [0.4, 0.5) is 0 Å². The third-order valence-electron chi connectivity index (χ3n) is 5.27. The van der Waals surface area contributed by atoms with Crippen molar-refractivity contribution < 1.29 is 19.0 Å². The van der Waals surface area contributed by atoms with Gasteiger partial charge in [0.25, 0.3) is 5.91 Å². The number of rotatable bonds is 13. The average molecular weight is 412 g/mol. The molecule has 1 heterocycles. The van der Waals surface area contributed by atoms with Crippen LogP contribution in [-0.2, 0) is 6.54 Å². The maximum absolute atomic E-state index is 12.4. The number of benzene rings is 2. The second-order valence-electron chi connectivity index (χ2n) is 7.72. The Labute approximate surface area is 179 Å². The van der Waals surface area contributed by atoms with E-state index in [2.05, 4.69) is 12.2 Å². The minimum absolute atomic E-state index is 0.109. The van der Waals surface area contributed by atoms with Crippen LogP contribution in [0.5, 0.6) is 17.2 Å². The van der Waals surface area contributed by atoms with E-state index in [-0.39, 0.29) is 12.7 Å². The van der Waals surface area contributed by atoms with Crippen LogP contribution < -0.4 is 19.5 Å². The summed E-state index contributed by atoms with van der Waals surface area (Å²) >= 11 is 0. The molecule has 2 aromatic carbocycles. The zero-order chi connectivity index (χ0) is 21.0. The van der Waals surface area contributed by atoms with Crippen molar-refractivity contribution in [2.24, 2.45) is 0 Å². The number of fused-ring (bicyclic) bond motifs is 1. The van der Waals surface area contributed by atoms with Crippen molar-refractivity contribution in [3.63, 3.8) is 0 Å². The van der Waals surface area contributed by atoms with E-state index in [1.165, 1.54) is 44.9 Å². The molecule has 0 saturated carbocycles. The molecule has 30 heavy (non-hydrogen) atoms. The van der Waals surface area contributed by atoms with Crippen LogP contribution in [-0.4, -0.2) is 19.3 Å². The number of amides is 1. The quantitative estimate of drug-likeness (QED) is 0.419. The molecule has 0 spiro atoms. The molecule has 0 unspecified atom stereocenters. The molecule has 1 amide bonds. The lowest BCUT2D eigenvalue weighted by Gasteiger charge is -2.09. The second kappa shape index (κ2) is 12.1. The van der Waals surface area contributed by atoms with E-state index in [1.54, 1.807) is 12.1 Å². The zero-order valence-corrected chi connectivity index (χ0v) is 18.0. The number of unbranched alkanes of at least 4 members (excludes halogenated alkanes) is 7. The van der Waals surface area contributed by atoms with Crippen LogP contribution in [0, 0.1) is 0 Å². The predicted molar refractivity (Wildman–Crippen MR) is 118 cm³/mol. The van der Waals surface area contributed by atoms with E-state index in [0.717, 1.165) is 35.8 Å². The largest absolute Gasteiger partial charge is 0.494 e. The monoisotopic (exact) mass is 411 g/mol. The fourth-order valence-corrected chi connectivity index (χ4v) is 3.46. The summed E-state index contributed by atoms with van der Waals surface area (Å²) in [5, 5.41) is 2.93. The van der Waals surface area contributed by atoms with Crippen molar-refractivity contribution in [2.75, 3.05) is 13.4 Å². The lowest BCUT2D eigenvalue weighted by Crippen LogP contribution is -2.22. The number of carbonyl (C=O) groups is 1. The first kappa shape index (κ1) is 22.0. The minimum Gasteiger partial charge on any atom is -0.494 e. The normalized spacial score (nSPS) is 12.0. The van der Waals surface area contributed by atoms with E-state index >= 15 is 0 Å². The lowest BCUT2D eigenvalue weighted by atomic mass is 10.1. The smallest absolute Gasteiger partial charge is 0.251 e. The van der Waals surface area contributed by atoms with Gasteiger partial charge in [-0.3, -0.25) is 4.79 Å². The van der Waals surface area contributed by atoms with Crippen LogP contribution in [0.15, 0.2) is 42.5 Å². The van der Waals surface area contributed by atoms with Crippen LogP contribution in [0.2, 0.25) is 0 Å². The molecule has 5 nitrogen and oxygen atoms in total. The molecular weight excluding hydrogens is 378 g/mol. The summed E-state index contributed by atoms with van der Waals surface area (Å²) in [5.41, 5.74) is 1.59. The number of hydrogen-bond acceptors (Lipinski definition) is 4. The van der Waals surface area contributed by atoms with Crippen molar-refractivity contribution in [1.29, 1.82) is 0 Å². The van der Waals surface area contributed by atoms with Gasteiger partial charge in [0.05, 0.1) is 6.61 Å². The Balaban J connectivity index is 1.32. The van der Waals surface area contributed by atoms with Gasteiger partial charge in [0, 0.05) is 12.1 Å². The van der Waals surface area contributed by atoms with E-state index < -0.39 is 0 Å². The average Bonchev–Trinajstić information content (AvgIpc) is 3.25. The molecule has 1 aliphatic heterocycles. The van der Waals surface area contributed by atoms with E-state index in [9.17, 15) is 4.79 Å². The molecule has 0 saturated heterocycles. The Bertz CT molecular complexity index is 788. The van der Waals surface area contributed by atoms with Crippen LogP contribution in [0.3, 0.4) is 0 Å². The summed E-state index contributed by atoms with van der Waals surface area (Å²) in [6.07, 6.45) is 10.3. The molecule has 162 valence electrons. The molecule has 0 aromatic heterocycles. The molecule has 5 heteroatoms. The van der Waals surface area contributed by atoms with Crippen LogP contribution in [0.1, 0.15) is 74.2 Å². The highest BCUT2D eigenvalue weighted by molar-refractivity contribution is 5.94. The molecular formula is C25H33NO4. The maximum Gasteiger partial charge on any atom is 0.251 e. The predicted octanol–water partition coefficient (Wildman–Crippen LogP) is 5.86. The second-order valence-corrected chi connectivity index (χ2v) is 7.72. The topological polar surface area (TPSA) is 56.8 Å². The Kier molecular flexibility index (Phi) is 8.88. The highest BCUT2D eigenvalue weighted by atomic mass is 16.7. The molecule has 1 aliphatic rings. The summed E-state index contributed by atoms with van der Waals surface area (Å²) in [4.78, 5) is 12.4. The molecule has 3 rings (SSSR count). The van der Waals surface area contributed by atoms with Gasteiger partial charge in [-0.1, -0.05) is 57.9 Å². The summed E-state index contributed by atoms with van der Waals surface area (Å²) in [6.45, 7) is 3.66. The Morgan fingerprint density at radius 2 is 1.60 bits per heavy atom. The molecule has 0 radical (unpaired) electrons. The Morgan fingerprint density at radius 3 is 2.37 bits per heavy atom. The standard InChI is InChI=1S/C25H33NO4/c1-2-3-4-5-6-7-8-9-16-28-22-13-11-21(12-14-22)25(27)26-18-20-10-15-23-24(17-20)30-19-29-23/h10-15,17H,2-9,16,18-19H2,1H3,(H,26,27). The zero-order valence-electron chi connectivity index (χ0n) is 18.0. The third kappa shape index (κ3) is 6.97. The van der Waals surface area contributed by atoms with E-state index in [1.807, 2.05) is 30.3 Å². The van der Waals surface area contributed by atoms with Crippen molar-refractivity contribution >= 4 is 5.91 Å². The van der Waals surface area contributed by atoms with Gasteiger partial charge >= 0.3 is 0 Å². The number of ether oxygens (including phenoxy) is 3. The minimum atomic E-state index is -0.109. The molecule has 0 bridgehead atoms. The van der Waals surface area contributed by atoms with Crippen molar-refractivity contribution in [2.45, 2.75) is 64.8 Å². The first-order valence-corrected chi connectivity index (χ1v) is 11.2. The summed E-state index contributed by atoms with van der Waals surface area (Å²) < 4.78 is 16.5. The van der Waals surface area contributed by atoms with Gasteiger partial charge in [0.1, 0.15) is 5.75 Å². The summed E-state index contributed by atoms with van der Waals surface area (Å²) in [5.74, 6) is 2.17. The number of hydrogen-bond donors (Lipinski definition) is 1. The van der Waals surface area contributed by atoms with Gasteiger partial charge < -0.3 is 19.5 Å². The van der Waals surface area contributed by atoms with Crippen molar-refractivity contribution in [1.82, 2.24) is 5.32 Å². The first-order valence-electron chi connectivity index (χ1n) is 11.2. The molecule has 0 atom stereocenters. The molecule has 2 aromatic rings. The number of carbonyl (C=O) groups excluding carboxylic acids is 1. The van der Waals surface area contributed by atoms with Gasteiger partial charge in [-0.2, -0.15) is 0 Å².